The third-order valence-corrected chi connectivity index (χ3v) is 5.02. The van der Waals surface area contributed by atoms with Crippen LogP contribution in [0.25, 0.3) is 11.1 Å². The molecule has 0 rings (SSSR count). The van der Waals surface area contributed by atoms with Crippen molar-refractivity contribution >= 4 is 5.97 Å². The summed E-state index contributed by atoms with van der Waals surface area (Å²) in [5.41, 5.74) is 16.7. The summed E-state index contributed by atoms with van der Waals surface area (Å²) in [6.45, 7) is 10.4. The van der Waals surface area contributed by atoms with Crippen LogP contribution in [0.5, 0.6) is 0 Å². The molecule has 16 nitrogen and oxygen atoms in total. The van der Waals surface area contributed by atoms with Gasteiger partial charge in [-0.05, 0) is 0 Å². The lowest BCUT2D eigenvalue weighted by molar-refractivity contribution is -0.138. The zero-order chi connectivity index (χ0) is 29.9. The van der Waals surface area contributed by atoms with Crippen molar-refractivity contribution in [3.63, 3.8) is 0 Å². The summed E-state index contributed by atoms with van der Waals surface area (Å²) in [5.74, 6) is -0.885. The van der Waals surface area contributed by atoms with Gasteiger partial charge in [-0.25, -0.2) is 0 Å². The second-order valence-corrected chi connectivity index (χ2v) is 8.23. The fourth-order valence-corrected chi connectivity index (χ4v) is 2.91. The van der Waals surface area contributed by atoms with Crippen LogP contribution in [0.1, 0.15) is 6.42 Å². The molecule has 0 fully saturated rings. The van der Waals surface area contributed by atoms with Crippen molar-refractivity contribution in [2.24, 2.45) is 10.2 Å². The van der Waals surface area contributed by atoms with Crippen molar-refractivity contribution in [1.29, 1.82) is 0 Å². The number of hydrogen-bond acceptors (Lipinski definition) is 13. The largest absolute Gasteiger partial charge is 0.712 e. The first-order valence-corrected chi connectivity index (χ1v) is 14.0. The Labute approximate surface area is 243 Å². The van der Waals surface area contributed by atoms with Gasteiger partial charge in [-0.1, -0.05) is 0 Å². The van der Waals surface area contributed by atoms with Crippen LogP contribution < -0.4 is 0 Å². The summed E-state index contributed by atoms with van der Waals surface area (Å²) in [5, 5.41) is 14.5. The molecule has 0 spiro atoms. The highest BCUT2D eigenvalue weighted by molar-refractivity contribution is 5.66. The van der Waals surface area contributed by atoms with Gasteiger partial charge in [0.15, 0.2) is 0 Å². The maximum absolute atomic E-state index is 10.4. The molecule has 0 atom stereocenters. The van der Waals surface area contributed by atoms with Gasteiger partial charge in [-0.15, -0.1) is 0 Å². The van der Waals surface area contributed by atoms with Gasteiger partial charge < -0.3 is 69.0 Å². The minimum Gasteiger partial charge on any atom is -0.712 e. The maximum Gasteiger partial charge on any atom is 0.305 e. The van der Waals surface area contributed by atoms with Crippen LogP contribution in [0.4, 0.5) is 0 Å². The molecule has 41 heavy (non-hydrogen) atoms. The Morgan fingerprint density at radius 2 is 0.732 bits per heavy atom. The van der Waals surface area contributed by atoms with Gasteiger partial charge >= 0.3 is 5.97 Å². The van der Waals surface area contributed by atoms with Crippen LogP contribution >= 0.6 is 0 Å². The lowest BCUT2D eigenvalue weighted by atomic mass is 10.4. The van der Waals surface area contributed by atoms with Crippen molar-refractivity contribution < 1.29 is 52.5 Å². The molecule has 242 valence electrons. The van der Waals surface area contributed by atoms with E-state index in [1.165, 1.54) is 0 Å². The van der Waals surface area contributed by atoms with E-state index in [9.17, 15) is 4.79 Å². The second-order valence-electron chi connectivity index (χ2n) is 8.23. The molecule has 0 aliphatic carbocycles. The lowest BCUT2D eigenvalue weighted by Crippen LogP contribution is -2.34. The average molecular weight is 596 g/mol. The Kier molecular flexibility index (Phi) is 33.0. The van der Waals surface area contributed by atoms with Gasteiger partial charge in [-0.3, -0.25) is 9.69 Å². The maximum atomic E-state index is 10.4. The van der Waals surface area contributed by atoms with Gasteiger partial charge in [0, 0.05) is 32.7 Å². The number of rotatable bonds is 36. The Bertz CT molecular complexity index is 552. The fourth-order valence-electron chi connectivity index (χ4n) is 2.91. The predicted octanol–water partition coefficient (Wildman–Crippen LogP) is 0.956. The molecular weight excluding hydrogens is 546 g/mol. The summed E-state index contributed by atoms with van der Waals surface area (Å²) in [4.78, 5) is 12.6. The third kappa shape index (κ3) is 34.4. The highest BCUT2D eigenvalue weighted by Crippen LogP contribution is 1.93. The van der Waals surface area contributed by atoms with Gasteiger partial charge in [0.25, 0.3) is 0 Å². The Morgan fingerprint density at radius 3 is 1.02 bits per heavy atom. The Hall–Kier alpha value is -1.73. The second kappa shape index (κ2) is 34.5. The molecule has 0 aromatic heterocycles. The van der Waals surface area contributed by atoms with Crippen molar-refractivity contribution in [1.82, 2.24) is 4.90 Å². The highest BCUT2D eigenvalue weighted by Gasteiger charge is 2.06. The monoisotopic (exact) mass is 595 g/mol. The SMILES string of the molecule is [N-]=NCCOCCOCCOCCN(CCOCCOCCOCCN=[N-])CCOCCOCCOCCC(=O)O. The van der Waals surface area contributed by atoms with E-state index < -0.39 is 5.97 Å². The van der Waals surface area contributed by atoms with E-state index in [-0.39, 0.29) is 26.1 Å². The zero-order valence-corrected chi connectivity index (χ0v) is 24.2. The molecule has 0 aromatic rings. The lowest BCUT2D eigenvalue weighted by Gasteiger charge is -2.22. The number of aliphatic carboxylic acids is 1. The molecule has 0 bridgehead atoms. The number of hydrogen-bond donors (Lipinski definition) is 1. The molecule has 0 aliphatic rings. The number of ether oxygens (including phenoxy) is 9. The average Bonchev–Trinajstić information content (AvgIpc) is 2.96. The normalized spacial score (nSPS) is 11.3. The molecule has 0 saturated carbocycles. The summed E-state index contributed by atoms with van der Waals surface area (Å²) >= 11 is 0. The Balaban J connectivity index is 3.92. The van der Waals surface area contributed by atoms with Crippen LogP contribution in [-0.4, -0.2) is 168 Å². The molecule has 0 unspecified atom stereocenters. The summed E-state index contributed by atoms with van der Waals surface area (Å²) in [7, 11) is 0. The quantitative estimate of drug-likeness (QED) is 0.0797. The predicted molar refractivity (Wildman–Crippen MR) is 147 cm³/mol. The van der Waals surface area contributed by atoms with Crippen molar-refractivity contribution in [3.05, 3.63) is 11.1 Å². The van der Waals surface area contributed by atoms with Crippen molar-refractivity contribution in [2.75, 3.05) is 152 Å². The minimum atomic E-state index is -0.885. The molecule has 0 saturated heterocycles. The van der Waals surface area contributed by atoms with E-state index in [1.807, 2.05) is 0 Å². The van der Waals surface area contributed by atoms with E-state index in [0.717, 1.165) is 0 Å². The topological polar surface area (TPSA) is 193 Å². The van der Waals surface area contributed by atoms with E-state index in [1.54, 1.807) is 0 Å². The van der Waals surface area contributed by atoms with Gasteiger partial charge in [-0.2, -0.15) is 0 Å². The van der Waals surface area contributed by atoms with Crippen LogP contribution in [0.15, 0.2) is 10.2 Å². The van der Waals surface area contributed by atoms with E-state index in [2.05, 4.69) is 15.1 Å². The Morgan fingerprint density at radius 1 is 0.463 bits per heavy atom. The number of carbonyl (C=O) groups is 1. The molecule has 1 N–H and O–H groups in total. The summed E-state index contributed by atoms with van der Waals surface area (Å²) < 4.78 is 48.9. The molecule has 0 amide bonds. The van der Waals surface area contributed by atoms with Gasteiger partial charge in [0.2, 0.25) is 0 Å². The zero-order valence-electron chi connectivity index (χ0n) is 24.2. The van der Waals surface area contributed by atoms with E-state index in [0.29, 0.717) is 132 Å². The van der Waals surface area contributed by atoms with Crippen LogP contribution in [0.3, 0.4) is 0 Å². The molecule has 0 aromatic carbocycles. The first-order valence-electron chi connectivity index (χ1n) is 14.0. The fraction of sp³-hybridized carbons (Fsp3) is 0.960. The number of nitrogens with zero attached hydrogens (tertiary/aromatic N) is 5. The number of carboxylic acid groups (broad SMARTS) is 1. The first kappa shape index (κ1) is 39.3. The van der Waals surface area contributed by atoms with Crippen molar-refractivity contribution in [2.45, 2.75) is 6.42 Å². The van der Waals surface area contributed by atoms with E-state index in [4.69, 9.17) is 58.8 Å². The van der Waals surface area contributed by atoms with Gasteiger partial charge in [0.05, 0.1) is 125 Å². The van der Waals surface area contributed by atoms with Crippen LogP contribution in [0.2, 0.25) is 0 Å². The van der Waals surface area contributed by atoms with Gasteiger partial charge in [0.1, 0.15) is 0 Å². The highest BCUT2D eigenvalue weighted by atomic mass is 16.6. The molecular formula is C25H49N5O11-2. The third-order valence-electron chi connectivity index (χ3n) is 5.02. The van der Waals surface area contributed by atoms with Crippen LogP contribution in [-0.2, 0) is 47.4 Å². The molecule has 0 aliphatic heterocycles. The summed E-state index contributed by atoms with van der Waals surface area (Å²) in [6, 6.07) is 0. The van der Waals surface area contributed by atoms with Crippen molar-refractivity contribution in [3.8, 4) is 0 Å². The number of carboxylic acids is 1. The molecule has 0 radical (unpaired) electrons. The molecule has 0 heterocycles. The minimum absolute atomic E-state index is 0.0175. The van der Waals surface area contributed by atoms with Crippen LogP contribution in [0, 0.1) is 0 Å². The summed E-state index contributed by atoms with van der Waals surface area (Å²) in [6.07, 6.45) is -0.0175. The van der Waals surface area contributed by atoms with E-state index >= 15 is 0 Å². The standard InChI is InChI=1S/C25H49N5O11/c26-28-2-8-34-14-20-40-23-17-37-11-5-30(6-12-38-18-24-41-21-15-35-9-3-29-27)4-10-36-16-22-39-19-13-33-7-1-25(31)32/h1-24H2,(H,31,32)/q-2. The smallest absolute Gasteiger partial charge is 0.305 e. The molecule has 16 heteroatoms. The first-order chi connectivity index (χ1) is 20.2.